The minimum Gasteiger partial charge on any atom is -0.481 e. The third kappa shape index (κ3) is 2.87. The van der Waals surface area contributed by atoms with Crippen molar-refractivity contribution in [1.29, 1.82) is 0 Å². The van der Waals surface area contributed by atoms with E-state index in [0.717, 1.165) is 18.2 Å². The molecule has 1 saturated heterocycles. The molecule has 2 unspecified atom stereocenters. The van der Waals surface area contributed by atoms with Crippen molar-refractivity contribution in [2.45, 2.75) is 6.04 Å². The van der Waals surface area contributed by atoms with E-state index in [2.05, 4.69) is 5.32 Å². The van der Waals surface area contributed by atoms with Gasteiger partial charge >= 0.3 is 5.97 Å². The Hall–Kier alpha value is -2.02. The fourth-order valence-corrected chi connectivity index (χ4v) is 1.83. The van der Waals surface area contributed by atoms with Crippen LogP contribution in [0.1, 0.15) is 10.4 Å². The van der Waals surface area contributed by atoms with E-state index in [1.807, 2.05) is 0 Å². The lowest BCUT2D eigenvalue weighted by Crippen LogP contribution is -2.42. The predicted octanol–water partition coefficient (Wildman–Crippen LogP) is 0.794. The standard InChI is InChI=1S/C12H11F2NO4/c13-8-2-1-6(3-9(8)14)11(16)15-10-5-19-4-7(10)12(17)18/h1-3,7,10H,4-5H2,(H,15,16)(H,17,18). The predicted molar refractivity (Wildman–Crippen MR) is 59.6 cm³/mol. The van der Waals surface area contributed by atoms with Gasteiger partial charge in [-0.05, 0) is 18.2 Å². The first-order chi connectivity index (χ1) is 8.99. The fraction of sp³-hybridized carbons (Fsp3) is 0.333. The molecular weight excluding hydrogens is 260 g/mol. The van der Waals surface area contributed by atoms with Gasteiger partial charge in [0.1, 0.15) is 5.92 Å². The van der Waals surface area contributed by atoms with Gasteiger partial charge in [0.25, 0.3) is 5.91 Å². The second kappa shape index (κ2) is 5.31. The van der Waals surface area contributed by atoms with Crippen LogP contribution in [-0.4, -0.2) is 36.2 Å². The lowest BCUT2D eigenvalue weighted by molar-refractivity contribution is -0.142. The van der Waals surface area contributed by atoms with E-state index >= 15 is 0 Å². The average Bonchev–Trinajstić information content (AvgIpc) is 2.80. The van der Waals surface area contributed by atoms with Gasteiger partial charge in [-0.3, -0.25) is 9.59 Å². The van der Waals surface area contributed by atoms with Gasteiger partial charge in [0.15, 0.2) is 11.6 Å². The monoisotopic (exact) mass is 271 g/mol. The summed E-state index contributed by atoms with van der Waals surface area (Å²) in [5.74, 6) is -4.77. The van der Waals surface area contributed by atoms with Crippen LogP contribution in [0.3, 0.4) is 0 Å². The minimum absolute atomic E-state index is 0.0120. The molecule has 1 aliphatic heterocycles. The molecule has 2 rings (SSSR count). The molecule has 5 nitrogen and oxygen atoms in total. The van der Waals surface area contributed by atoms with Gasteiger partial charge in [-0.1, -0.05) is 0 Å². The highest BCUT2D eigenvalue weighted by molar-refractivity contribution is 5.94. The first kappa shape index (κ1) is 13.4. The number of nitrogens with one attached hydrogen (secondary N) is 1. The van der Waals surface area contributed by atoms with Crippen LogP contribution in [0.5, 0.6) is 0 Å². The van der Waals surface area contributed by atoms with E-state index in [9.17, 15) is 18.4 Å². The van der Waals surface area contributed by atoms with Crippen LogP contribution < -0.4 is 5.32 Å². The summed E-state index contributed by atoms with van der Waals surface area (Å²) < 4.78 is 30.7. The van der Waals surface area contributed by atoms with Crippen LogP contribution in [-0.2, 0) is 9.53 Å². The summed E-state index contributed by atoms with van der Waals surface area (Å²) in [7, 11) is 0. The van der Waals surface area contributed by atoms with Crippen molar-refractivity contribution in [3.05, 3.63) is 35.4 Å². The third-order valence-corrected chi connectivity index (χ3v) is 2.90. The van der Waals surface area contributed by atoms with Gasteiger partial charge in [-0.15, -0.1) is 0 Å². The van der Waals surface area contributed by atoms with Crippen molar-refractivity contribution < 1.29 is 28.2 Å². The van der Waals surface area contributed by atoms with Crippen LogP contribution >= 0.6 is 0 Å². The summed E-state index contributed by atoms with van der Waals surface area (Å²) in [5, 5.41) is 11.3. The van der Waals surface area contributed by atoms with Gasteiger partial charge in [0.05, 0.1) is 19.3 Å². The van der Waals surface area contributed by atoms with Crippen LogP contribution in [0.4, 0.5) is 8.78 Å². The van der Waals surface area contributed by atoms with Crippen LogP contribution in [0.15, 0.2) is 18.2 Å². The maximum Gasteiger partial charge on any atom is 0.311 e. The Kier molecular flexibility index (Phi) is 3.75. The van der Waals surface area contributed by atoms with Crippen molar-refractivity contribution >= 4 is 11.9 Å². The quantitative estimate of drug-likeness (QED) is 0.852. The van der Waals surface area contributed by atoms with Gasteiger partial charge in [0, 0.05) is 5.56 Å². The molecule has 2 N–H and O–H groups in total. The number of amides is 1. The normalized spacial score (nSPS) is 22.2. The second-order valence-electron chi connectivity index (χ2n) is 4.19. The minimum atomic E-state index is -1.13. The lowest BCUT2D eigenvalue weighted by atomic mass is 10.0. The smallest absolute Gasteiger partial charge is 0.311 e. The Labute approximate surface area is 107 Å². The molecule has 0 saturated carbocycles. The number of halogens is 2. The Morgan fingerprint density at radius 3 is 2.63 bits per heavy atom. The Morgan fingerprint density at radius 1 is 1.26 bits per heavy atom. The molecule has 0 spiro atoms. The highest BCUT2D eigenvalue weighted by atomic mass is 19.2. The zero-order valence-electron chi connectivity index (χ0n) is 9.73. The summed E-state index contributed by atoms with van der Waals surface area (Å²) in [4.78, 5) is 22.7. The molecule has 0 radical (unpaired) electrons. The number of aliphatic carboxylic acids is 1. The fourth-order valence-electron chi connectivity index (χ4n) is 1.83. The summed E-state index contributed by atoms with van der Waals surface area (Å²) >= 11 is 0. The maximum absolute atomic E-state index is 13.0. The van der Waals surface area contributed by atoms with Crippen LogP contribution in [0, 0.1) is 17.6 Å². The highest BCUT2D eigenvalue weighted by Gasteiger charge is 2.35. The molecular formula is C12H11F2NO4. The number of carbonyl (C=O) groups excluding carboxylic acids is 1. The summed E-state index contributed by atoms with van der Waals surface area (Å²) in [6.07, 6.45) is 0. The molecule has 7 heteroatoms. The lowest BCUT2D eigenvalue weighted by Gasteiger charge is -2.15. The van der Waals surface area contributed by atoms with Gasteiger partial charge in [-0.25, -0.2) is 8.78 Å². The molecule has 1 amide bonds. The molecule has 1 heterocycles. The summed E-state index contributed by atoms with van der Waals surface area (Å²) in [5.41, 5.74) is -0.0741. The van der Waals surface area contributed by atoms with E-state index in [1.165, 1.54) is 0 Å². The highest BCUT2D eigenvalue weighted by Crippen LogP contribution is 2.15. The van der Waals surface area contributed by atoms with E-state index in [-0.39, 0.29) is 18.8 Å². The number of carboxylic acid groups (broad SMARTS) is 1. The Morgan fingerprint density at radius 2 is 2.00 bits per heavy atom. The van der Waals surface area contributed by atoms with E-state index in [1.54, 1.807) is 0 Å². The number of carboxylic acids is 1. The first-order valence-corrected chi connectivity index (χ1v) is 5.55. The van der Waals surface area contributed by atoms with Crippen molar-refractivity contribution in [2.24, 2.45) is 5.92 Å². The molecule has 1 aromatic carbocycles. The summed E-state index contributed by atoms with van der Waals surface area (Å²) in [6.45, 7) is 0.0877. The second-order valence-corrected chi connectivity index (χ2v) is 4.19. The summed E-state index contributed by atoms with van der Waals surface area (Å²) in [6, 6.07) is 2.04. The number of benzene rings is 1. The number of carbonyl (C=O) groups is 2. The molecule has 1 fully saturated rings. The topological polar surface area (TPSA) is 75.6 Å². The maximum atomic E-state index is 13.0. The van der Waals surface area contributed by atoms with Gasteiger partial charge in [-0.2, -0.15) is 0 Å². The molecule has 0 bridgehead atoms. The van der Waals surface area contributed by atoms with Crippen molar-refractivity contribution in [1.82, 2.24) is 5.32 Å². The SMILES string of the molecule is O=C(NC1COCC1C(=O)O)c1ccc(F)c(F)c1. The van der Waals surface area contributed by atoms with Crippen LogP contribution in [0.25, 0.3) is 0 Å². The molecule has 2 atom stereocenters. The van der Waals surface area contributed by atoms with E-state index in [4.69, 9.17) is 9.84 Å². The Balaban J connectivity index is 2.08. The molecule has 102 valence electrons. The Bertz CT molecular complexity index is 520. The molecule has 1 aliphatic rings. The molecule has 0 aliphatic carbocycles. The van der Waals surface area contributed by atoms with E-state index < -0.39 is 35.5 Å². The number of hydrogen-bond donors (Lipinski definition) is 2. The largest absolute Gasteiger partial charge is 0.481 e. The molecule has 19 heavy (non-hydrogen) atoms. The number of hydrogen-bond acceptors (Lipinski definition) is 3. The first-order valence-electron chi connectivity index (χ1n) is 5.55. The van der Waals surface area contributed by atoms with E-state index in [0.29, 0.717) is 0 Å². The van der Waals surface area contributed by atoms with Gasteiger partial charge < -0.3 is 15.2 Å². The average molecular weight is 271 g/mol. The van der Waals surface area contributed by atoms with Crippen molar-refractivity contribution in [2.75, 3.05) is 13.2 Å². The van der Waals surface area contributed by atoms with Crippen molar-refractivity contribution in [3.8, 4) is 0 Å². The third-order valence-electron chi connectivity index (χ3n) is 2.90. The number of rotatable bonds is 3. The van der Waals surface area contributed by atoms with Gasteiger partial charge in [0.2, 0.25) is 0 Å². The zero-order valence-corrected chi connectivity index (χ0v) is 9.73. The molecule has 0 aromatic heterocycles. The zero-order chi connectivity index (χ0) is 14.0. The molecule has 1 aromatic rings. The van der Waals surface area contributed by atoms with Crippen LogP contribution in [0.2, 0.25) is 0 Å². The number of ether oxygens (including phenoxy) is 1. The van der Waals surface area contributed by atoms with Crippen molar-refractivity contribution in [3.63, 3.8) is 0 Å².